The van der Waals surface area contributed by atoms with Gasteiger partial charge in [-0.1, -0.05) is 59.8 Å². The number of unbranched alkanes of at least 4 members (excludes halogenated alkanes) is 4. The Hall–Kier alpha value is -4.75. The number of carbonyl (C=O) groups is 4. The van der Waals surface area contributed by atoms with Gasteiger partial charge in [-0.3, -0.25) is 9.59 Å². The molecule has 0 bridgehead atoms. The van der Waals surface area contributed by atoms with Crippen molar-refractivity contribution < 1.29 is 42.2 Å². The van der Waals surface area contributed by atoms with E-state index in [4.69, 9.17) is 19.4 Å². The molecule has 0 radical (unpaired) electrons. The van der Waals surface area contributed by atoms with Crippen molar-refractivity contribution in [1.29, 1.82) is 0 Å². The first-order valence-electron chi connectivity index (χ1n) is 21.3. The number of pyridine rings is 1. The Bertz CT molecular complexity index is 2190. The zero-order valence-corrected chi connectivity index (χ0v) is 39.0. The molecule has 3 unspecified atom stereocenters. The van der Waals surface area contributed by atoms with Gasteiger partial charge in [0.05, 0.1) is 37.7 Å². The molecule has 342 valence electrons. The summed E-state index contributed by atoms with van der Waals surface area (Å²) in [4.78, 5) is 65.2. The van der Waals surface area contributed by atoms with Crippen LogP contribution in [0.1, 0.15) is 92.9 Å². The fourth-order valence-electron chi connectivity index (χ4n) is 7.66. The first-order chi connectivity index (χ1) is 29.1. The summed E-state index contributed by atoms with van der Waals surface area (Å²) in [5.74, 6) is -1.51. The molecule has 2 aliphatic rings. The Balaban J connectivity index is 1.39. The molecule has 2 fully saturated rings. The van der Waals surface area contributed by atoms with Crippen LogP contribution in [0.15, 0.2) is 29.6 Å². The van der Waals surface area contributed by atoms with E-state index in [9.17, 15) is 32.7 Å². The zero-order valence-electron chi connectivity index (χ0n) is 37.4. The number of nitrogens with one attached hydrogen (secondary N) is 4. The maximum Gasteiger partial charge on any atom is 0.329 e. The Kier molecular flexibility index (Phi) is 15.7. The molecule has 62 heavy (non-hydrogen) atoms. The monoisotopic (exact) mass is 900 g/mol. The first kappa shape index (κ1) is 48.3. The number of carboxylic acids is 1. The fraction of sp³-hybridized carbons (Fsp3) is 0.628. The minimum atomic E-state index is -3.53. The van der Waals surface area contributed by atoms with Gasteiger partial charge in [0.25, 0.3) is 0 Å². The number of likely N-dealkylation sites (tertiary alicyclic amines) is 1. The average Bonchev–Trinajstić information content (AvgIpc) is 3.46. The SMILES string of the molecule is CCCCCCCC1C[C@]1(NC(=O)[C@@H]1CC(Oc2cc(-c3csc(NC(C)C)n3)nc3cc(OC)ccc23)CN1C(=O)CNC(=O)NC(CN(C)S(C)(=O)=O)C(C)(C)C)C(=O)O. The second-order valence-electron chi connectivity index (χ2n) is 17.9. The molecule has 1 aromatic carbocycles. The van der Waals surface area contributed by atoms with Crippen molar-refractivity contribution in [3.8, 4) is 22.9 Å². The van der Waals surface area contributed by atoms with Gasteiger partial charge >= 0.3 is 12.0 Å². The lowest BCUT2D eigenvalue weighted by Crippen LogP contribution is -2.56. The zero-order chi connectivity index (χ0) is 45.6. The van der Waals surface area contributed by atoms with Gasteiger partial charge in [0.2, 0.25) is 21.8 Å². The highest BCUT2D eigenvalue weighted by Crippen LogP contribution is 2.47. The number of sulfonamides is 1. The van der Waals surface area contributed by atoms with E-state index in [0.29, 0.717) is 46.6 Å². The molecule has 17 nitrogen and oxygen atoms in total. The topological polar surface area (TPSA) is 221 Å². The number of nitrogens with zero attached hydrogens (tertiary/aromatic N) is 4. The summed E-state index contributed by atoms with van der Waals surface area (Å²) in [6, 6.07) is 4.91. The lowest BCUT2D eigenvalue weighted by molar-refractivity contribution is -0.145. The standard InChI is InChI=1S/C43H64N8O9S2/c1-10-11-12-13-14-15-27-21-43(27,39(54)55)49-38(53)34-19-29(23-51(34)37(52)22-44-40(56)48-36(42(4,5)6)24-50(7)62(9,57)58)60-35-20-32(33-25-61-41(47-33)45-26(2)3)46-31-18-28(59-8)16-17-30(31)35/h16-18,20,25-27,29,34,36H,10-15,19,21-24H2,1-9H3,(H,45,47)(H,49,53)(H,54,55)(H2,44,48,56)/t27?,29?,34-,36?,43+/m0/s1. The maximum atomic E-state index is 14.2. The summed E-state index contributed by atoms with van der Waals surface area (Å²) in [7, 11) is -0.548. The number of carbonyl (C=O) groups excluding carboxylic acids is 3. The summed E-state index contributed by atoms with van der Waals surface area (Å²) in [6.45, 7) is 11.2. The minimum Gasteiger partial charge on any atom is -0.497 e. The number of ether oxygens (including phenoxy) is 2. The molecule has 0 spiro atoms. The van der Waals surface area contributed by atoms with Crippen molar-refractivity contribution in [1.82, 2.24) is 35.1 Å². The van der Waals surface area contributed by atoms with Crippen LogP contribution in [0.25, 0.3) is 22.3 Å². The Morgan fingerprint density at radius 1 is 1.08 bits per heavy atom. The van der Waals surface area contributed by atoms with Crippen LogP contribution in [-0.2, 0) is 24.4 Å². The van der Waals surface area contributed by atoms with Crippen molar-refractivity contribution >= 4 is 61.2 Å². The molecule has 3 heterocycles. The molecule has 4 amide bonds. The van der Waals surface area contributed by atoms with Gasteiger partial charge in [0.1, 0.15) is 34.9 Å². The lowest BCUT2D eigenvalue weighted by atomic mass is 9.87. The van der Waals surface area contributed by atoms with Crippen LogP contribution < -0.4 is 30.7 Å². The Labute approximate surface area is 369 Å². The van der Waals surface area contributed by atoms with Gasteiger partial charge in [-0.25, -0.2) is 32.3 Å². The van der Waals surface area contributed by atoms with Gasteiger partial charge in [0, 0.05) is 55.0 Å². The van der Waals surface area contributed by atoms with Crippen LogP contribution in [0.5, 0.6) is 11.5 Å². The number of urea groups is 1. The van der Waals surface area contributed by atoms with E-state index >= 15 is 0 Å². The molecule has 5 atom stereocenters. The Morgan fingerprint density at radius 2 is 1.81 bits per heavy atom. The van der Waals surface area contributed by atoms with E-state index < -0.39 is 69.5 Å². The molecular formula is C43H64N8O9S2. The van der Waals surface area contributed by atoms with E-state index in [1.807, 2.05) is 46.1 Å². The fourth-order valence-corrected chi connectivity index (χ4v) is 8.93. The van der Waals surface area contributed by atoms with Crippen LogP contribution in [0.3, 0.4) is 0 Å². The van der Waals surface area contributed by atoms with Crippen molar-refractivity contribution in [2.24, 2.45) is 11.3 Å². The van der Waals surface area contributed by atoms with Gasteiger partial charge in [-0.15, -0.1) is 11.3 Å². The van der Waals surface area contributed by atoms with E-state index in [-0.39, 0.29) is 31.5 Å². The van der Waals surface area contributed by atoms with E-state index in [2.05, 4.69) is 28.2 Å². The summed E-state index contributed by atoms with van der Waals surface area (Å²) in [5, 5.41) is 25.2. The van der Waals surface area contributed by atoms with Crippen molar-refractivity contribution in [3.63, 3.8) is 0 Å². The number of hydrogen-bond donors (Lipinski definition) is 5. The normalized spacial score (nSPS) is 20.6. The third-order valence-corrected chi connectivity index (χ3v) is 13.6. The number of hydrogen-bond acceptors (Lipinski definition) is 12. The van der Waals surface area contributed by atoms with E-state index in [1.165, 1.54) is 23.3 Å². The molecule has 1 saturated heterocycles. The summed E-state index contributed by atoms with van der Waals surface area (Å²) < 4.78 is 37.6. The lowest BCUT2D eigenvalue weighted by Gasteiger charge is -2.34. The molecular weight excluding hydrogens is 837 g/mol. The second kappa shape index (κ2) is 20.2. The largest absolute Gasteiger partial charge is 0.497 e. The highest BCUT2D eigenvalue weighted by atomic mass is 32.2. The van der Waals surface area contributed by atoms with Gasteiger partial charge in [0.15, 0.2) is 5.13 Å². The van der Waals surface area contributed by atoms with Crippen LogP contribution in [0.4, 0.5) is 9.93 Å². The van der Waals surface area contributed by atoms with Crippen LogP contribution in [-0.4, -0.2) is 126 Å². The van der Waals surface area contributed by atoms with Crippen molar-refractivity contribution in [3.05, 3.63) is 29.6 Å². The maximum absolute atomic E-state index is 14.2. The summed E-state index contributed by atoms with van der Waals surface area (Å²) in [5.41, 5.74) is -0.238. The quantitative estimate of drug-likeness (QED) is 0.0842. The molecule has 1 saturated carbocycles. The number of aliphatic carboxylic acids is 1. The number of anilines is 1. The number of methoxy groups -OCH3 is 1. The molecule has 19 heteroatoms. The predicted octanol–water partition coefficient (Wildman–Crippen LogP) is 5.46. The number of aromatic nitrogens is 2. The summed E-state index contributed by atoms with van der Waals surface area (Å²) >= 11 is 1.45. The molecule has 5 N–H and O–H groups in total. The number of likely N-dealkylation sites (N-methyl/N-ethyl adjacent to an activating group) is 1. The number of benzene rings is 1. The first-order valence-corrected chi connectivity index (χ1v) is 24.1. The Morgan fingerprint density at radius 3 is 2.45 bits per heavy atom. The molecule has 1 aliphatic carbocycles. The highest BCUT2D eigenvalue weighted by molar-refractivity contribution is 7.88. The van der Waals surface area contributed by atoms with E-state index in [0.717, 1.165) is 47.8 Å². The van der Waals surface area contributed by atoms with Gasteiger partial charge < -0.3 is 40.7 Å². The number of carboxylic acid groups (broad SMARTS) is 1. The smallest absolute Gasteiger partial charge is 0.329 e. The number of amides is 4. The summed E-state index contributed by atoms with van der Waals surface area (Å²) in [6.07, 6.45) is 6.49. The number of thiazole rings is 1. The third-order valence-electron chi connectivity index (χ3n) is 11.6. The van der Waals surface area contributed by atoms with Gasteiger partial charge in [-0.05, 0) is 50.2 Å². The molecule has 2 aromatic heterocycles. The van der Waals surface area contributed by atoms with Crippen molar-refractivity contribution in [2.45, 2.75) is 123 Å². The van der Waals surface area contributed by atoms with E-state index in [1.54, 1.807) is 25.3 Å². The third kappa shape index (κ3) is 12.2. The van der Waals surface area contributed by atoms with Crippen LogP contribution in [0.2, 0.25) is 0 Å². The van der Waals surface area contributed by atoms with Gasteiger partial charge in [-0.2, -0.15) is 0 Å². The van der Waals surface area contributed by atoms with Crippen LogP contribution in [0, 0.1) is 11.3 Å². The average molecular weight is 901 g/mol. The minimum absolute atomic E-state index is 0.00119. The molecule has 5 rings (SSSR count). The highest BCUT2D eigenvalue weighted by Gasteiger charge is 2.62. The predicted molar refractivity (Wildman–Crippen MR) is 240 cm³/mol. The number of fused-ring (bicyclic) bond motifs is 1. The van der Waals surface area contributed by atoms with Crippen molar-refractivity contribution in [2.75, 3.05) is 45.4 Å². The molecule has 3 aromatic rings. The second-order valence-corrected chi connectivity index (χ2v) is 20.9. The van der Waals surface area contributed by atoms with Crippen LogP contribution >= 0.6 is 11.3 Å². The number of rotatable bonds is 21. The molecule has 1 aliphatic heterocycles.